The van der Waals surface area contributed by atoms with E-state index in [0.29, 0.717) is 13.0 Å². The number of nitrogens with zero attached hydrogens (tertiary/aromatic N) is 1. The Bertz CT molecular complexity index is 517. The largest absolute Gasteiger partial charge is 0.471 e. The zero-order valence-electron chi connectivity index (χ0n) is 11.1. The van der Waals surface area contributed by atoms with Gasteiger partial charge in [-0.05, 0) is 18.2 Å². The molecule has 0 aromatic heterocycles. The van der Waals surface area contributed by atoms with Crippen LogP contribution in [0.3, 0.4) is 0 Å². The van der Waals surface area contributed by atoms with E-state index >= 15 is 0 Å². The second kappa shape index (κ2) is 6.33. The van der Waals surface area contributed by atoms with Gasteiger partial charge in [-0.1, -0.05) is 13.0 Å². The van der Waals surface area contributed by atoms with E-state index in [1.54, 1.807) is 6.07 Å². The summed E-state index contributed by atoms with van der Waals surface area (Å²) in [6, 6.07) is 4.72. The number of hydrogen-bond acceptors (Lipinski definition) is 6. The fraction of sp³-hybridized carbons (Fsp3) is 0.462. The van der Waals surface area contributed by atoms with Gasteiger partial charge in [0, 0.05) is 19.0 Å². The van der Waals surface area contributed by atoms with Crippen molar-refractivity contribution in [1.29, 1.82) is 0 Å². The van der Waals surface area contributed by atoms with Gasteiger partial charge in [0.15, 0.2) is 11.9 Å². The van der Waals surface area contributed by atoms with Gasteiger partial charge in [-0.15, -0.1) is 0 Å². The van der Waals surface area contributed by atoms with E-state index in [1.165, 1.54) is 12.1 Å². The minimum absolute atomic E-state index is 0.0964. The third kappa shape index (κ3) is 3.24. The Balaban J connectivity index is 2.18. The molecule has 0 radical (unpaired) electrons. The highest BCUT2D eigenvalue weighted by molar-refractivity contribution is 5.77. The van der Waals surface area contributed by atoms with Crippen molar-refractivity contribution in [2.75, 3.05) is 13.2 Å². The molecule has 20 heavy (non-hydrogen) atoms. The first-order chi connectivity index (χ1) is 9.61. The number of esters is 1. The van der Waals surface area contributed by atoms with Crippen LogP contribution in [-0.2, 0) is 16.1 Å². The monoisotopic (exact) mass is 280 g/mol. The van der Waals surface area contributed by atoms with Crippen LogP contribution < -0.4 is 10.1 Å². The second-order valence-corrected chi connectivity index (χ2v) is 4.40. The van der Waals surface area contributed by atoms with E-state index in [1.807, 2.05) is 6.92 Å². The molecule has 2 rings (SSSR count). The summed E-state index contributed by atoms with van der Waals surface area (Å²) >= 11 is 0. The van der Waals surface area contributed by atoms with Crippen LogP contribution in [-0.4, -0.2) is 30.1 Å². The fourth-order valence-electron chi connectivity index (χ4n) is 1.92. The Hall–Kier alpha value is -2.15. The number of hydrogen-bond donors (Lipinski definition) is 1. The number of cyclic esters (lactones) is 1. The third-order valence-electron chi connectivity index (χ3n) is 2.96. The maximum atomic E-state index is 11.3. The lowest BCUT2D eigenvalue weighted by molar-refractivity contribution is -0.386. The van der Waals surface area contributed by atoms with E-state index in [-0.39, 0.29) is 18.0 Å². The lowest BCUT2D eigenvalue weighted by atomic mass is 10.2. The first-order valence-corrected chi connectivity index (χ1v) is 6.43. The molecule has 0 spiro atoms. The minimum Gasteiger partial charge on any atom is -0.471 e. The third-order valence-corrected chi connectivity index (χ3v) is 2.96. The Morgan fingerprint density at radius 1 is 1.55 bits per heavy atom. The minimum atomic E-state index is -0.756. The molecule has 7 nitrogen and oxygen atoms in total. The highest BCUT2D eigenvalue weighted by Crippen LogP contribution is 2.30. The van der Waals surface area contributed by atoms with Gasteiger partial charge in [-0.3, -0.25) is 10.1 Å². The number of benzene rings is 1. The molecule has 0 aliphatic carbocycles. The van der Waals surface area contributed by atoms with Crippen molar-refractivity contribution in [3.63, 3.8) is 0 Å². The highest BCUT2D eigenvalue weighted by Gasteiger charge is 2.30. The smallest absolute Gasteiger partial charge is 0.347 e. The zero-order valence-corrected chi connectivity index (χ0v) is 11.1. The second-order valence-electron chi connectivity index (χ2n) is 4.40. The van der Waals surface area contributed by atoms with Crippen molar-refractivity contribution in [2.45, 2.75) is 26.0 Å². The lowest BCUT2D eigenvalue weighted by Gasteiger charge is -2.11. The van der Waals surface area contributed by atoms with Crippen molar-refractivity contribution < 1.29 is 19.2 Å². The van der Waals surface area contributed by atoms with Gasteiger partial charge in [-0.2, -0.15) is 0 Å². The van der Waals surface area contributed by atoms with Crippen molar-refractivity contribution in [3.8, 4) is 5.75 Å². The maximum Gasteiger partial charge on any atom is 0.347 e. The van der Waals surface area contributed by atoms with Crippen LogP contribution in [0.5, 0.6) is 5.75 Å². The zero-order chi connectivity index (χ0) is 14.5. The summed E-state index contributed by atoms with van der Waals surface area (Å²) in [6.07, 6.45) is -0.344. The van der Waals surface area contributed by atoms with Crippen LogP contribution in [0, 0.1) is 10.1 Å². The molecule has 108 valence electrons. The average Bonchev–Trinajstić information content (AvgIpc) is 2.83. The number of nitrogens with one attached hydrogen (secondary N) is 1. The van der Waals surface area contributed by atoms with Gasteiger partial charge < -0.3 is 14.8 Å². The number of ether oxygens (including phenoxy) is 2. The molecule has 1 aliphatic rings. The molecule has 1 aliphatic heterocycles. The summed E-state index contributed by atoms with van der Waals surface area (Å²) in [5, 5.41) is 14.2. The van der Waals surface area contributed by atoms with Crippen LogP contribution in [0.25, 0.3) is 0 Å². The molecule has 1 aromatic carbocycles. The molecular weight excluding hydrogens is 264 g/mol. The summed E-state index contributed by atoms with van der Waals surface area (Å²) < 4.78 is 10.2. The number of rotatable bonds is 6. The van der Waals surface area contributed by atoms with Crippen molar-refractivity contribution in [2.24, 2.45) is 0 Å². The maximum absolute atomic E-state index is 11.3. The molecule has 0 amide bonds. The molecule has 1 N–H and O–H groups in total. The normalized spacial score (nSPS) is 17.9. The molecule has 1 unspecified atom stereocenters. The van der Waals surface area contributed by atoms with Crippen LogP contribution in [0.15, 0.2) is 18.2 Å². The van der Waals surface area contributed by atoms with Crippen LogP contribution >= 0.6 is 0 Å². The molecular formula is C13H16N2O5. The van der Waals surface area contributed by atoms with Crippen molar-refractivity contribution >= 4 is 11.7 Å². The molecule has 7 heteroatoms. The quantitative estimate of drug-likeness (QED) is 0.481. The van der Waals surface area contributed by atoms with E-state index in [0.717, 1.165) is 12.1 Å². The first kappa shape index (κ1) is 14.3. The standard InChI is InChI=1S/C13H16N2O5/c1-2-14-8-9-3-4-11(10(7-9)15(17)18)20-12-5-6-19-13(12)16/h3-4,7,12,14H,2,5-6,8H2,1H3. The van der Waals surface area contributed by atoms with Gasteiger partial charge in [-0.25, -0.2) is 4.79 Å². The van der Waals surface area contributed by atoms with E-state index in [2.05, 4.69) is 5.32 Å². The average molecular weight is 280 g/mol. The summed E-state index contributed by atoms with van der Waals surface area (Å²) in [5.41, 5.74) is 0.653. The first-order valence-electron chi connectivity index (χ1n) is 6.43. The molecule has 1 aromatic rings. The SMILES string of the molecule is CCNCc1ccc(OC2CCOC2=O)c([N+](=O)[O-])c1. The summed E-state index contributed by atoms with van der Waals surface area (Å²) in [4.78, 5) is 21.9. The van der Waals surface area contributed by atoms with E-state index < -0.39 is 17.0 Å². The van der Waals surface area contributed by atoms with E-state index in [4.69, 9.17) is 9.47 Å². The van der Waals surface area contributed by atoms with Gasteiger partial charge in [0.05, 0.1) is 11.5 Å². The summed E-state index contributed by atoms with van der Waals surface area (Å²) in [5.74, 6) is -0.380. The van der Waals surface area contributed by atoms with Crippen molar-refractivity contribution in [1.82, 2.24) is 5.32 Å². The van der Waals surface area contributed by atoms with Gasteiger partial charge in [0.25, 0.3) is 0 Å². The number of carbonyl (C=O) groups excluding carboxylic acids is 1. The van der Waals surface area contributed by atoms with Crippen LogP contribution in [0.1, 0.15) is 18.9 Å². The number of nitro benzene ring substituents is 1. The Kier molecular flexibility index (Phi) is 4.52. The highest BCUT2D eigenvalue weighted by atomic mass is 16.6. The van der Waals surface area contributed by atoms with Crippen LogP contribution in [0.2, 0.25) is 0 Å². The molecule has 1 heterocycles. The van der Waals surface area contributed by atoms with E-state index in [9.17, 15) is 14.9 Å². The lowest BCUT2D eigenvalue weighted by Crippen LogP contribution is -2.22. The number of nitro groups is 1. The van der Waals surface area contributed by atoms with Gasteiger partial charge in [0.1, 0.15) is 0 Å². The predicted octanol–water partition coefficient (Wildman–Crippen LogP) is 1.40. The summed E-state index contributed by atoms with van der Waals surface area (Å²) in [7, 11) is 0. The Labute approximate surface area is 116 Å². The Morgan fingerprint density at radius 3 is 2.95 bits per heavy atom. The molecule has 1 fully saturated rings. The molecule has 1 saturated heterocycles. The predicted molar refractivity (Wildman–Crippen MR) is 70.5 cm³/mol. The number of carbonyl (C=O) groups is 1. The van der Waals surface area contributed by atoms with Gasteiger partial charge in [0.2, 0.25) is 0 Å². The molecule has 0 bridgehead atoms. The van der Waals surface area contributed by atoms with Gasteiger partial charge >= 0.3 is 11.7 Å². The van der Waals surface area contributed by atoms with Crippen LogP contribution in [0.4, 0.5) is 5.69 Å². The summed E-state index contributed by atoms with van der Waals surface area (Å²) in [6.45, 7) is 3.57. The topological polar surface area (TPSA) is 90.7 Å². The Morgan fingerprint density at radius 2 is 2.35 bits per heavy atom. The van der Waals surface area contributed by atoms with Crippen molar-refractivity contribution in [3.05, 3.63) is 33.9 Å². The molecule has 0 saturated carbocycles. The molecule has 1 atom stereocenters. The fourth-order valence-corrected chi connectivity index (χ4v) is 1.92.